The van der Waals surface area contributed by atoms with Gasteiger partial charge in [-0.15, -0.1) is 0 Å². The van der Waals surface area contributed by atoms with E-state index in [2.05, 4.69) is 26.1 Å². The fraction of sp³-hybridized carbons (Fsp3) is 1.00. The second kappa shape index (κ2) is 8.52. The maximum absolute atomic E-state index is 8.77. The molecule has 0 aliphatic heterocycles. The van der Waals surface area contributed by atoms with Crippen molar-refractivity contribution in [2.75, 3.05) is 6.61 Å². The van der Waals surface area contributed by atoms with E-state index in [0.717, 1.165) is 6.42 Å². The van der Waals surface area contributed by atoms with Gasteiger partial charge in [-0.1, -0.05) is 26.7 Å². The van der Waals surface area contributed by atoms with Crippen LogP contribution in [0.5, 0.6) is 0 Å². The van der Waals surface area contributed by atoms with Crippen LogP contribution in [0.2, 0.25) is 0 Å². The van der Waals surface area contributed by atoms with E-state index in [1.54, 1.807) is 0 Å². The molecule has 0 radical (unpaired) electrons. The predicted octanol–water partition coefficient (Wildman–Crippen LogP) is 2.32. The van der Waals surface area contributed by atoms with E-state index in [0.29, 0.717) is 18.7 Å². The van der Waals surface area contributed by atoms with Crippen molar-refractivity contribution in [2.45, 2.75) is 65.0 Å². The maximum atomic E-state index is 8.77. The summed E-state index contributed by atoms with van der Waals surface area (Å²) in [6, 6.07) is 1.10. The summed E-state index contributed by atoms with van der Waals surface area (Å²) < 4.78 is 0. The number of hydrogen-bond donors (Lipinski definition) is 2. The van der Waals surface area contributed by atoms with Gasteiger partial charge in [0, 0.05) is 18.7 Å². The van der Waals surface area contributed by atoms with E-state index >= 15 is 0 Å². The summed E-state index contributed by atoms with van der Waals surface area (Å²) in [5.74, 6) is 0. The van der Waals surface area contributed by atoms with Crippen molar-refractivity contribution < 1.29 is 5.11 Å². The summed E-state index contributed by atoms with van der Waals surface area (Å²) in [6.45, 7) is 6.88. The molecular weight excluding hydrogens is 162 g/mol. The first-order valence-corrected chi connectivity index (χ1v) is 5.61. The van der Waals surface area contributed by atoms with Crippen LogP contribution in [0.4, 0.5) is 0 Å². The van der Waals surface area contributed by atoms with Crippen LogP contribution in [0.15, 0.2) is 0 Å². The molecule has 0 aliphatic carbocycles. The van der Waals surface area contributed by atoms with E-state index in [9.17, 15) is 0 Å². The molecule has 13 heavy (non-hydrogen) atoms. The van der Waals surface area contributed by atoms with Gasteiger partial charge in [0.25, 0.3) is 0 Å². The van der Waals surface area contributed by atoms with Crippen LogP contribution in [0.3, 0.4) is 0 Å². The van der Waals surface area contributed by atoms with Crippen LogP contribution < -0.4 is 5.32 Å². The molecule has 0 saturated carbocycles. The van der Waals surface area contributed by atoms with Crippen molar-refractivity contribution in [2.24, 2.45) is 0 Å². The molecule has 1 unspecified atom stereocenters. The quantitative estimate of drug-likeness (QED) is 0.611. The average molecular weight is 187 g/mol. The van der Waals surface area contributed by atoms with Gasteiger partial charge in [0.2, 0.25) is 0 Å². The largest absolute Gasteiger partial charge is 0.396 e. The van der Waals surface area contributed by atoms with E-state index < -0.39 is 0 Å². The van der Waals surface area contributed by atoms with Crippen molar-refractivity contribution in [3.8, 4) is 0 Å². The Morgan fingerprint density at radius 3 is 2.00 bits per heavy atom. The van der Waals surface area contributed by atoms with Crippen molar-refractivity contribution in [3.05, 3.63) is 0 Å². The lowest BCUT2D eigenvalue weighted by Gasteiger charge is -2.22. The molecule has 2 nitrogen and oxygen atoms in total. The highest BCUT2D eigenvalue weighted by molar-refractivity contribution is 4.70. The Balaban J connectivity index is 3.64. The fourth-order valence-electron chi connectivity index (χ4n) is 1.69. The molecule has 0 heterocycles. The maximum Gasteiger partial charge on any atom is 0.0445 e. The van der Waals surface area contributed by atoms with Crippen LogP contribution >= 0.6 is 0 Å². The number of hydrogen-bond acceptors (Lipinski definition) is 2. The summed E-state index contributed by atoms with van der Waals surface area (Å²) >= 11 is 0. The summed E-state index contributed by atoms with van der Waals surface area (Å²) in [7, 11) is 0. The van der Waals surface area contributed by atoms with E-state index in [1.165, 1.54) is 25.7 Å². The summed E-state index contributed by atoms with van der Waals surface area (Å²) in [5, 5.41) is 12.3. The Labute approximate surface area is 82.7 Å². The third-order valence-corrected chi connectivity index (χ3v) is 2.36. The predicted molar refractivity (Wildman–Crippen MR) is 57.9 cm³/mol. The third kappa shape index (κ3) is 7.03. The number of aliphatic hydroxyl groups excluding tert-OH is 1. The Morgan fingerprint density at radius 2 is 1.62 bits per heavy atom. The molecule has 0 aromatic rings. The van der Waals surface area contributed by atoms with Crippen molar-refractivity contribution in [1.82, 2.24) is 5.32 Å². The zero-order chi connectivity index (χ0) is 10.1. The molecule has 80 valence electrons. The zero-order valence-corrected chi connectivity index (χ0v) is 9.34. The normalized spacial score (nSPS) is 13.6. The highest BCUT2D eigenvalue weighted by Gasteiger charge is 2.09. The van der Waals surface area contributed by atoms with Gasteiger partial charge in [-0.05, 0) is 26.2 Å². The topological polar surface area (TPSA) is 32.3 Å². The monoisotopic (exact) mass is 187 g/mol. The molecule has 0 aliphatic rings. The molecule has 0 aromatic heterocycles. The van der Waals surface area contributed by atoms with Gasteiger partial charge < -0.3 is 10.4 Å². The first-order valence-electron chi connectivity index (χ1n) is 5.61. The van der Waals surface area contributed by atoms with Gasteiger partial charge in [-0.25, -0.2) is 0 Å². The number of nitrogens with one attached hydrogen (secondary N) is 1. The third-order valence-electron chi connectivity index (χ3n) is 2.36. The summed E-state index contributed by atoms with van der Waals surface area (Å²) in [4.78, 5) is 0. The van der Waals surface area contributed by atoms with Crippen molar-refractivity contribution in [3.63, 3.8) is 0 Å². The first-order chi connectivity index (χ1) is 6.24. The summed E-state index contributed by atoms with van der Waals surface area (Å²) in [6.07, 6.45) is 5.85. The molecule has 2 heteroatoms. The molecule has 0 aromatic carbocycles. The molecule has 0 rings (SSSR count). The Bertz CT molecular complexity index is 100. The van der Waals surface area contributed by atoms with E-state index in [4.69, 9.17) is 5.11 Å². The highest BCUT2D eigenvalue weighted by Crippen LogP contribution is 2.06. The van der Waals surface area contributed by atoms with Gasteiger partial charge in [0.05, 0.1) is 0 Å². The standard InChI is InChI=1S/C11H25NO/c1-4-6-11(7-5-2)12-10(3)8-9-13/h10-13H,4-9H2,1-3H3. The second-order valence-corrected chi connectivity index (χ2v) is 3.85. The first kappa shape index (κ1) is 12.9. The molecule has 0 bridgehead atoms. The minimum absolute atomic E-state index is 0.291. The van der Waals surface area contributed by atoms with Crippen LogP contribution in [-0.4, -0.2) is 23.8 Å². The van der Waals surface area contributed by atoms with Gasteiger partial charge in [-0.3, -0.25) is 0 Å². The molecule has 0 amide bonds. The van der Waals surface area contributed by atoms with Gasteiger partial charge >= 0.3 is 0 Å². The lowest BCUT2D eigenvalue weighted by atomic mass is 10.1. The molecule has 2 N–H and O–H groups in total. The SMILES string of the molecule is CCCC(CCC)NC(C)CCO. The van der Waals surface area contributed by atoms with Gasteiger partial charge in [0.1, 0.15) is 0 Å². The minimum atomic E-state index is 0.291. The molecule has 0 saturated heterocycles. The van der Waals surface area contributed by atoms with Gasteiger partial charge in [-0.2, -0.15) is 0 Å². The summed E-state index contributed by atoms with van der Waals surface area (Å²) in [5.41, 5.74) is 0. The lowest BCUT2D eigenvalue weighted by molar-refractivity contribution is 0.259. The lowest BCUT2D eigenvalue weighted by Crippen LogP contribution is -2.36. The van der Waals surface area contributed by atoms with Crippen molar-refractivity contribution in [1.29, 1.82) is 0 Å². The molecule has 0 spiro atoms. The Morgan fingerprint density at radius 1 is 1.08 bits per heavy atom. The molecule has 0 fully saturated rings. The van der Waals surface area contributed by atoms with Crippen molar-refractivity contribution >= 4 is 0 Å². The highest BCUT2D eigenvalue weighted by atomic mass is 16.3. The number of aliphatic hydroxyl groups is 1. The average Bonchev–Trinajstić information content (AvgIpc) is 2.05. The number of rotatable bonds is 8. The second-order valence-electron chi connectivity index (χ2n) is 3.85. The van der Waals surface area contributed by atoms with Crippen LogP contribution in [0.25, 0.3) is 0 Å². The zero-order valence-electron chi connectivity index (χ0n) is 9.34. The molecule has 1 atom stereocenters. The Kier molecular flexibility index (Phi) is 8.46. The van der Waals surface area contributed by atoms with Gasteiger partial charge in [0.15, 0.2) is 0 Å². The van der Waals surface area contributed by atoms with Crippen LogP contribution in [0.1, 0.15) is 52.9 Å². The van der Waals surface area contributed by atoms with E-state index in [1.807, 2.05) is 0 Å². The smallest absolute Gasteiger partial charge is 0.0445 e. The van der Waals surface area contributed by atoms with E-state index in [-0.39, 0.29) is 0 Å². The molecular formula is C11H25NO. The van der Waals surface area contributed by atoms with Crippen LogP contribution in [-0.2, 0) is 0 Å². The Hall–Kier alpha value is -0.0800. The fourth-order valence-corrected chi connectivity index (χ4v) is 1.69. The van der Waals surface area contributed by atoms with Crippen LogP contribution in [0, 0.1) is 0 Å². The minimum Gasteiger partial charge on any atom is -0.396 e.